The van der Waals surface area contributed by atoms with Gasteiger partial charge in [-0.15, -0.1) is 0 Å². The Bertz CT molecular complexity index is 933. The van der Waals surface area contributed by atoms with E-state index in [9.17, 15) is 4.79 Å². The third-order valence-electron chi connectivity index (χ3n) is 5.68. The first kappa shape index (κ1) is 20.5. The molecule has 0 saturated carbocycles. The van der Waals surface area contributed by atoms with Crippen LogP contribution in [0, 0.1) is 0 Å². The highest BCUT2D eigenvalue weighted by Crippen LogP contribution is 2.25. The van der Waals surface area contributed by atoms with Gasteiger partial charge in [0.2, 0.25) is 5.91 Å². The zero-order valence-electron chi connectivity index (χ0n) is 17.1. The molecule has 0 spiro atoms. The first-order valence-corrected chi connectivity index (χ1v) is 10.7. The van der Waals surface area contributed by atoms with Crippen molar-refractivity contribution in [3.63, 3.8) is 0 Å². The predicted molar refractivity (Wildman–Crippen MR) is 120 cm³/mol. The van der Waals surface area contributed by atoms with Gasteiger partial charge in [-0.05, 0) is 36.1 Å². The van der Waals surface area contributed by atoms with Gasteiger partial charge in [-0.2, -0.15) is 0 Å². The van der Waals surface area contributed by atoms with Gasteiger partial charge in [0.15, 0.2) is 5.96 Å². The Labute approximate surface area is 182 Å². The molecule has 7 nitrogen and oxygen atoms in total. The Balaban J connectivity index is 1.27. The molecule has 2 aliphatic rings. The van der Waals surface area contributed by atoms with Gasteiger partial charge >= 0.3 is 0 Å². The maximum absolute atomic E-state index is 12.7. The van der Waals surface area contributed by atoms with Crippen LogP contribution in [0.1, 0.15) is 17.5 Å². The average molecular weight is 427 g/mol. The summed E-state index contributed by atoms with van der Waals surface area (Å²) in [5.74, 6) is 1.53. The molecule has 0 aliphatic carbocycles. The Morgan fingerprint density at radius 1 is 1.23 bits per heavy atom. The molecule has 2 N–H and O–H groups in total. The van der Waals surface area contributed by atoms with E-state index in [1.807, 2.05) is 23.1 Å². The summed E-state index contributed by atoms with van der Waals surface area (Å²) < 4.78 is 0. The minimum Gasteiger partial charge on any atom is -0.353 e. The Kier molecular flexibility index (Phi) is 6.38. The first-order valence-electron chi connectivity index (χ1n) is 10.3. The molecule has 0 bridgehead atoms. The third kappa shape index (κ3) is 4.67. The van der Waals surface area contributed by atoms with E-state index in [1.165, 1.54) is 11.1 Å². The number of aliphatic imine (C=N–C) groups is 1. The van der Waals surface area contributed by atoms with Gasteiger partial charge in [0.25, 0.3) is 0 Å². The fraction of sp³-hybridized carbons (Fsp3) is 0.409. The molecule has 0 radical (unpaired) electrons. The van der Waals surface area contributed by atoms with Crippen molar-refractivity contribution in [1.82, 2.24) is 20.5 Å². The molecule has 1 aromatic carbocycles. The van der Waals surface area contributed by atoms with E-state index in [0.717, 1.165) is 38.3 Å². The van der Waals surface area contributed by atoms with Gasteiger partial charge in [-0.25, -0.2) is 4.98 Å². The lowest BCUT2D eigenvalue weighted by Crippen LogP contribution is -2.49. The SMILES string of the molecule is CN=C(NCC(=O)N1CCc2ccccc2C1)NC1CCN(c2ncccc2Cl)C1. The average Bonchev–Trinajstić information content (AvgIpc) is 3.24. The van der Waals surface area contributed by atoms with Crippen LogP contribution in [0.3, 0.4) is 0 Å². The minimum atomic E-state index is 0.0840. The molecule has 1 saturated heterocycles. The molecule has 1 aromatic heterocycles. The van der Waals surface area contributed by atoms with Gasteiger partial charge in [0.05, 0.1) is 11.6 Å². The van der Waals surface area contributed by atoms with Gasteiger partial charge in [-0.1, -0.05) is 35.9 Å². The van der Waals surface area contributed by atoms with Crippen LogP contribution in [0.4, 0.5) is 5.82 Å². The second kappa shape index (κ2) is 9.34. The summed E-state index contributed by atoms with van der Waals surface area (Å²) in [6.45, 7) is 3.31. The first-order chi connectivity index (χ1) is 14.6. The van der Waals surface area contributed by atoms with Gasteiger partial charge in [0.1, 0.15) is 5.82 Å². The molecule has 3 heterocycles. The topological polar surface area (TPSA) is 72.9 Å². The number of carbonyl (C=O) groups is 1. The minimum absolute atomic E-state index is 0.0840. The largest absolute Gasteiger partial charge is 0.353 e. The molecule has 1 unspecified atom stereocenters. The monoisotopic (exact) mass is 426 g/mol. The van der Waals surface area contributed by atoms with Crippen molar-refractivity contribution >= 4 is 29.3 Å². The van der Waals surface area contributed by atoms with Crippen LogP contribution in [0.2, 0.25) is 5.02 Å². The van der Waals surface area contributed by atoms with Crippen molar-refractivity contribution in [2.75, 3.05) is 38.1 Å². The number of nitrogens with zero attached hydrogens (tertiary/aromatic N) is 4. The fourth-order valence-electron chi connectivity index (χ4n) is 4.05. The maximum Gasteiger partial charge on any atom is 0.242 e. The maximum atomic E-state index is 12.7. The van der Waals surface area contributed by atoms with Crippen LogP contribution >= 0.6 is 11.6 Å². The lowest BCUT2D eigenvalue weighted by molar-refractivity contribution is -0.130. The summed E-state index contributed by atoms with van der Waals surface area (Å²) in [5.41, 5.74) is 2.57. The molecule has 2 aliphatic heterocycles. The molecule has 30 heavy (non-hydrogen) atoms. The van der Waals surface area contributed by atoms with Crippen LogP contribution in [-0.2, 0) is 17.8 Å². The van der Waals surface area contributed by atoms with Gasteiger partial charge < -0.3 is 20.4 Å². The molecule has 4 rings (SSSR count). The second-order valence-corrected chi connectivity index (χ2v) is 8.05. The number of benzene rings is 1. The number of rotatable bonds is 4. The summed E-state index contributed by atoms with van der Waals surface area (Å²) in [6.07, 6.45) is 3.61. The lowest BCUT2D eigenvalue weighted by atomic mass is 10.00. The number of anilines is 1. The van der Waals surface area contributed by atoms with Crippen LogP contribution in [0.5, 0.6) is 0 Å². The Morgan fingerprint density at radius 3 is 2.87 bits per heavy atom. The summed E-state index contributed by atoms with van der Waals surface area (Å²) in [6, 6.07) is 12.2. The predicted octanol–water partition coefficient (Wildman–Crippen LogP) is 2.06. The molecular formula is C22H27ClN6O. The smallest absolute Gasteiger partial charge is 0.242 e. The summed E-state index contributed by atoms with van der Waals surface area (Å²) >= 11 is 6.27. The standard InChI is InChI=1S/C22H27ClN6O/c1-24-22(27-18-9-12-29(15-18)21-19(23)7-4-10-25-21)26-13-20(30)28-11-8-16-5-2-3-6-17(16)14-28/h2-7,10,18H,8-9,11-15H2,1H3,(H2,24,26,27). The van der Waals surface area contributed by atoms with Crippen molar-refractivity contribution in [3.05, 3.63) is 58.7 Å². The number of nitrogens with one attached hydrogen (secondary N) is 2. The number of amides is 1. The Morgan fingerprint density at radius 2 is 2.07 bits per heavy atom. The summed E-state index contributed by atoms with van der Waals surface area (Å²) in [7, 11) is 1.72. The van der Waals surface area contributed by atoms with E-state index in [-0.39, 0.29) is 18.5 Å². The molecule has 8 heteroatoms. The molecule has 158 valence electrons. The van der Waals surface area contributed by atoms with E-state index < -0.39 is 0 Å². The summed E-state index contributed by atoms with van der Waals surface area (Å²) in [4.78, 5) is 25.4. The second-order valence-electron chi connectivity index (χ2n) is 7.64. The number of hydrogen-bond donors (Lipinski definition) is 2. The number of halogens is 1. The van der Waals surface area contributed by atoms with E-state index in [0.29, 0.717) is 17.5 Å². The third-order valence-corrected chi connectivity index (χ3v) is 5.98. The molecular weight excluding hydrogens is 400 g/mol. The number of pyridine rings is 1. The van der Waals surface area contributed by atoms with Gasteiger partial charge in [-0.3, -0.25) is 9.79 Å². The van der Waals surface area contributed by atoms with E-state index in [1.54, 1.807) is 13.2 Å². The van der Waals surface area contributed by atoms with Crippen LogP contribution < -0.4 is 15.5 Å². The zero-order valence-corrected chi connectivity index (χ0v) is 17.9. The normalized spacial score (nSPS) is 18.9. The zero-order chi connectivity index (χ0) is 20.9. The molecule has 1 fully saturated rings. The number of guanidine groups is 1. The van der Waals surface area contributed by atoms with Crippen LogP contribution in [0.15, 0.2) is 47.6 Å². The van der Waals surface area contributed by atoms with Crippen molar-refractivity contribution in [1.29, 1.82) is 0 Å². The van der Waals surface area contributed by atoms with Crippen molar-refractivity contribution in [2.45, 2.75) is 25.4 Å². The van der Waals surface area contributed by atoms with E-state index in [2.05, 4.69) is 43.7 Å². The molecule has 1 amide bonds. The highest BCUT2D eigenvalue weighted by molar-refractivity contribution is 6.32. The van der Waals surface area contributed by atoms with Crippen molar-refractivity contribution < 1.29 is 4.79 Å². The van der Waals surface area contributed by atoms with E-state index in [4.69, 9.17) is 11.6 Å². The van der Waals surface area contributed by atoms with Crippen molar-refractivity contribution in [2.24, 2.45) is 4.99 Å². The number of hydrogen-bond acceptors (Lipinski definition) is 4. The fourth-order valence-corrected chi connectivity index (χ4v) is 4.29. The van der Waals surface area contributed by atoms with E-state index >= 15 is 0 Å². The number of carbonyl (C=O) groups excluding carboxylic acids is 1. The number of fused-ring (bicyclic) bond motifs is 1. The van der Waals surface area contributed by atoms with Gasteiger partial charge in [0, 0.05) is 45.5 Å². The highest BCUT2D eigenvalue weighted by Gasteiger charge is 2.26. The quantitative estimate of drug-likeness (QED) is 0.578. The lowest BCUT2D eigenvalue weighted by Gasteiger charge is -2.29. The highest BCUT2D eigenvalue weighted by atomic mass is 35.5. The summed E-state index contributed by atoms with van der Waals surface area (Å²) in [5, 5.41) is 7.25. The number of aromatic nitrogens is 1. The molecule has 2 aromatic rings. The Hall–Kier alpha value is -2.80. The van der Waals surface area contributed by atoms with Crippen molar-refractivity contribution in [3.8, 4) is 0 Å². The molecule has 1 atom stereocenters. The van der Waals surface area contributed by atoms with Crippen LogP contribution in [0.25, 0.3) is 0 Å². The van der Waals surface area contributed by atoms with Crippen LogP contribution in [-0.4, -0.2) is 61.0 Å².